The van der Waals surface area contributed by atoms with Gasteiger partial charge in [-0.25, -0.2) is 0 Å². The van der Waals surface area contributed by atoms with Gasteiger partial charge in [-0.15, -0.1) is 0 Å². The van der Waals surface area contributed by atoms with Crippen LogP contribution in [-0.4, -0.2) is 39.4 Å². The van der Waals surface area contributed by atoms with Crippen LogP contribution < -0.4 is 24.3 Å². The molecule has 2 aromatic rings. The summed E-state index contributed by atoms with van der Waals surface area (Å²) in [5.74, 6) is 2.81. The van der Waals surface area contributed by atoms with E-state index in [1.807, 2.05) is 36.4 Å². The number of hydrogen-bond acceptors (Lipinski definition) is 6. The molecule has 3 N–H and O–H groups in total. The number of methoxy groups -OCH3 is 4. The van der Waals surface area contributed by atoms with Crippen LogP contribution in [0, 0.1) is 11.8 Å². The van der Waals surface area contributed by atoms with E-state index in [9.17, 15) is 5.21 Å². The van der Waals surface area contributed by atoms with Gasteiger partial charge in [0.15, 0.2) is 23.0 Å². The predicted molar refractivity (Wildman–Crippen MR) is 114 cm³/mol. The normalized spacial score (nSPS) is 25.1. The zero-order valence-electron chi connectivity index (χ0n) is 18.4. The van der Waals surface area contributed by atoms with Crippen LogP contribution in [-0.2, 0) is 0 Å². The maximum atomic E-state index is 9.81. The van der Waals surface area contributed by atoms with E-state index in [2.05, 4.69) is 24.3 Å². The number of piperidine rings is 1. The van der Waals surface area contributed by atoms with E-state index in [-0.39, 0.29) is 23.9 Å². The molecule has 0 aliphatic carbocycles. The third kappa shape index (κ3) is 3.89. The molecular formula is C23H31N2O5+. The van der Waals surface area contributed by atoms with Crippen molar-refractivity contribution >= 4 is 5.71 Å². The Hall–Kier alpha value is -2.93. The Balaban J connectivity index is 2.03. The molecule has 0 spiro atoms. The summed E-state index contributed by atoms with van der Waals surface area (Å²) < 4.78 is 21.7. The summed E-state index contributed by atoms with van der Waals surface area (Å²) in [7, 11) is 6.51. The Labute approximate surface area is 177 Å². The molecule has 7 heteroatoms. The van der Waals surface area contributed by atoms with Crippen molar-refractivity contribution in [3.8, 4) is 23.0 Å². The summed E-state index contributed by atoms with van der Waals surface area (Å²) in [4.78, 5) is 0. The SMILES string of the molecule is COc1ccc([C@H]2[NH2+][C@@H](c3ccc(OC)c(OC)c3)[C@@H](C)C(=NO)[C@H]2C)cc1OC. The van der Waals surface area contributed by atoms with Crippen LogP contribution in [0.1, 0.15) is 37.1 Å². The van der Waals surface area contributed by atoms with Gasteiger partial charge in [-0.2, -0.15) is 0 Å². The van der Waals surface area contributed by atoms with Gasteiger partial charge in [0.1, 0.15) is 12.1 Å². The van der Waals surface area contributed by atoms with Crippen LogP contribution >= 0.6 is 0 Å². The van der Waals surface area contributed by atoms with Crippen molar-refractivity contribution < 1.29 is 29.5 Å². The van der Waals surface area contributed by atoms with Crippen LogP contribution in [0.2, 0.25) is 0 Å². The lowest BCUT2D eigenvalue weighted by Gasteiger charge is -2.38. The average Bonchev–Trinajstić information content (AvgIpc) is 2.78. The molecule has 2 aromatic carbocycles. The minimum absolute atomic E-state index is 0.0412. The summed E-state index contributed by atoms with van der Waals surface area (Å²) in [5, 5.41) is 15.8. The Bertz CT molecular complexity index is 845. The largest absolute Gasteiger partial charge is 0.493 e. The van der Waals surface area contributed by atoms with Gasteiger partial charge in [-0.1, -0.05) is 19.0 Å². The van der Waals surface area contributed by atoms with Gasteiger partial charge in [0.25, 0.3) is 0 Å². The van der Waals surface area contributed by atoms with Gasteiger partial charge in [0.05, 0.1) is 46.0 Å². The quantitative estimate of drug-likeness (QED) is 0.559. The second kappa shape index (κ2) is 9.26. The molecule has 30 heavy (non-hydrogen) atoms. The highest BCUT2D eigenvalue weighted by Gasteiger charge is 2.43. The molecule has 1 fully saturated rings. The van der Waals surface area contributed by atoms with Gasteiger partial charge < -0.3 is 29.5 Å². The molecule has 1 heterocycles. The van der Waals surface area contributed by atoms with Crippen molar-refractivity contribution in [1.29, 1.82) is 0 Å². The van der Waals surface area contributed by atoms with Gasteiger partial charge in [0, 0.05) is 11.1 Å². The highest BCUT2D eigenvalue weighted by atomic mass is 16.5. The molecule has 1 aliphatic rings. The Morgan fingerprint density at radius 1 is 0.700 bits per heavy atom. The van der Waals surface area contributed by atoms with Crippen LogP contribution in [0.5, 0.6) is 23.0 Å². The molecule has 3 rings (SSSR count). The highest BCUT2D eigenvalue weighted by Crippen LogP contribution is 2.38. The fourth-order valence-corrected chi connectivity index (χ4v) is 4.44. The molecule has 0 aromatic heterocycles. The highest BCUT2D eigenvalue weighted by molar-refractivity contribution is 5.89. The second-order valence-electron chi connectivity index (χ2n) is 7.58. The number of benzene rings is 2. The number of ether oxygens (including phenoxy) is 4. The van der Waals surface area contributed by atoms with Crippen molar-refractivity contribution in [3.63, 3.8) is 0 Å². The fourth-order valence-electron chi connectivity index (χ4n) is 4.44. The number of oxime groups is 1. The van der Waals surface area contributed by atoms with E-state index in [1.165, 1.54) is 0 Å². The van der Waals surface area contributed by atoms with Gasteiger partial charge in [-0.3, -0.25) is 0 Å². The summed E-state index contributed by atoms with van der Waals surface area (Å²) >= 11 is 0. The van der Waals surface area contributed by atoms with E-state index in [0.29, 0.717) is 23.0 Å². The first-order valence-corrected chi connectivity index (χ1v) is 9.99. The molecule has 0 amide bonds. The molecule has 0 bridgehead atoms. The fraction of sp³-hybridized carbons (Fsp3) is 0.435. The Morgan fingerprint density at radius 3 is 1.43 bits per heavy atom. The average molecular weight is 416 g/mol. The van der Waals surface area contributed by atoms with Gasteiger partial charge >= 0.3 is 0 Å². The third-order valence-electron chi connectivity index (χ3n) is 6.13. The zero-order valence-corrected chi connectivity index (χ0v) is 18.4. The van der Waals surface area contributed by atoms with Gasteiger partial charge in [0.2, 0.25) is 0 Å². The molecule has 0 radical (unpaired) electrons. The van der Waals surface area contributed by atoms with Crippen molar-refractivity contribution in [2.75, 3.05) is 28.4 Å². The van der Waals surface area contributed by atoms with Crippen molar-refractivity contribution in [2.24, 2.45) is 17.0 Å². The third-order valence-corrected chi connectivity index (χ3v) is 6.13. The summed E-state index contributed by atoms with van der Waals surface area (Å²) in [6.45, 7) is 4.18. The second-order valence-corrected chi connectivity index (χ2v) is 7.58. The van der Waals surface area contributed by atoms with Crippen molar-refractivity contribution in [2.45, 2.75) is 25.9 Å². The maximum Gasteiger partial charge on any atom is 0.161 e. The van der Waals surface area contributed by atoms with E-state index >= 15 is 0 Å². The summed E-state index contributed by atoms with van der Waals surface area (Å²) in [6.07, 6.45) is 0. The summed E-state index contributed by atoms with van der Waals surface area (Å²) in [6, 6.07) is 12.0. The monoisotopic (exact) mass is 415 g/mol. The predicted octanol–water partition coefficient (Wildman–Crippen LogP) is 3.18. The zero-order chi connectivity index (χ0) is 21.8. The number of rotatable bonds is 6. The first-order chi connectivity index (χ1) is 14.5. The Morgan fingerprint density at radius 2 is 1.10 bits per heavy atom. The molecule has 1 aliphatic heterocycles. The topological polar surface area (TPSA) is 86.1 Å². The van der Waals surface area contributed by atoms with Gasteiger partial charge in [-0.05, 0) is 36.4 Å². The minimum atomic E-state index is 0.0412. The number of nitrogens with two attached hydrogens (primary N) is 1. The van der Waals surface area contributed by atoms with E-state index in [0.717, 1.165) is 16.8 Å². The van der Waals surface area contributed by atoms with Crippen LogP contribution in [0.25, 0.3) is 0 Å². The molecule has 0 unspecified atom stereocenters. The Kier molecular flexibility index (Phi) is 6.72. The maximum absolute atomic E-state index is 9.81. The lowest BCUT2D eigenvalue weighted by Crippen LogP contribution is -2.91. The molecule has 162 valence electrons. The molecule has 4 atom stereocenters. The molecule has 7 nitrogen and oxygen atoms in total. The molecule has 1 saturated heterocycles. The lowest BCUT2D eigenvalue weighted by atomic mass is 9.75. The van der Waals surface area contributed by atoms with Crippen molar-refractivity contribution in [1.82, 2.24) is 0 Å². The standard InChI is InChI=1S/C23H30N2O5/c1-13-21(25-26)14(2)23(16-8-10-18(28-4)20(12-16)30-6)24-22(13)15-7-9-17(27-3)19(11-15)29-5/h7-14,22-24,26H,1-6H3/p+1/t13-,14+,22+,23-. The van der Waals surface area contributed by atoms with Crippen LogP contribution in [0.3, 0.4) is 0 Å². The van der Waals surface area contributed by atoms with E-state index < -0.39 is 0 Å². The number of nitrogens with zero attached hydrogens (tertiary/aromatic N) is 1. The molecule has 0 saturated carbocycles. The first-order valence-electron chi connectivity index (χ1n) is 9.99. The number of hydrogen-bond donors (Lipinski definition) is 2. The minimum Gasteiger partial charge on any atom is -0.493 e. The summed E-state index contributed by atoms with van der Waals surface area (Å²) in [5.41, 5.74) is 2.94. The van der Waals surface area contributed by atoms with Crippen LogP contribution in [0.15, 0.2) is 41.6 Å². The van der Waals surface area contributed by atoms with Crippen LogP contribution in [0.4, 0.5) is 0 Å². The van der Waals surface area contributed by atoms with Crippen molar-refractivity contribution in [3.05, 3.63) is 47.5 Å². The first kappa shape index (κ1) is 21.8. The lowest BCUT2D eigenvalue weighted by molar-refractivity contribution is -0.747. The smallest absolute Gasteiger partial charge is 0.161 e. The number of quaternary nitrogens is 1. The molecular weight excluding hydrogens is 384 g/mol. The van der Waals surface area contributed by atoms with E-state index in [4.69, 9.17) is 18.9 Å². The van der Waals surface area contributed by atoms with E-state index in [1.54, 1.807) is 28.4 Å².